The Kier molecular flexibility index (Phi) is 17.2. The minimum absolute atomic E-state index is 0.0247. The van der Waals surface area contributed by atoms with E-state index in [0.717, 1.165) is 6.92 Å². The molecule has 9 N–H and O–H groups in total. The van der Waals surface area contributed by atoms with Gasteiger partial charge >= 0.3 is 0 Å². The molecule has 1 aliphatic carbocycles. The lowest BCUT2D eigenvalue weighted by molar-refractivity contribution is -0.334. The first-order valence-electron chi connectivity index (χ1n) is 25.3. The Morgan fingerprint density at radius 1 is 0.676 bits per heavy atom. The topological polar surface area (TPSA) is 335 Å². The summed E-state index contributed by atoms with van der Waals surface area (Å²) in [5.74, 6) is -4.76. The quantitative estimate of drug-likeness (QED) is 0.117. The lowest BCUT2D eigenvalue weighted by atomic mass is 9.75. The Labute approximate surface area is 427 Å². The van der Waals surface area contributed by atoms with Crippen LogP contribution in [0.5, 0.6) is 17.2 Å². The number of ketones is 3. The Morgan fingerprint density at radius 2 is 1.16 bits per heavy atom. The van der Waals surface area contributed by atoms with Crippen molar-refractivity contribution >= 4 is 28.1 Å². The maximum Gasteiger partial charge on any atom is 0.227 e. The number of hydrogen-bond acceptors (Lipinski definition) is 23. The van der Waals surface area contributed by atoms with Crippen molar-refractivity contribution in [1.82, 2.24) is 0 Å². The van der Waals surface area contributed by atoms with Crippen LogP contribution in [-0.4, -0.2) is 205 Å². The number of carbonyl (C=O) groups is 3. The highest BCUT2D eigenvalue weighted by atomic mass is 16.7. The third-order valence-electron chi connectivity index (χ3n) is 15.5. The molecule has 6 aliphatic rings. The van der Waals surface area contributed by atoms with Gasteiger partial charge in [0.25, 0.3) is 0 Å². The average molecular weight is 1050 g/mol. The van der Waals surface area contributed by atoms with E-state index < -0.39 is 169 Å². The first-order chi connectivity index (χ1) is 34.8. The molecule has 2 aromatic rings. The molecule has 0 radical (unpaired) electrons. The van der Waals surface area contributed by atoms with E-state index >= 15 is 0 Å². The van der Waals surface area contributed by atoms with E-state index in [-0.39, 0.29) is 71.7 Å². The van der Waals surface area contributed by atoms with Crippen LogP contribution in [0.2, 0.25) is 0 Å². The van der Waals surface area contributed by atoms with Gasteiger partial charge in [0.1, 0.15) is 60.0 Å². The van der Waals surface area contributed by atoms with Gasteiger partial charge in [-0.05, 0) is 78.0 Å². The largest absolute Gasteiger partial charge is 0.507 e. The van der Waals surface area contributed by atoms with Crippen molar-refractivity contribution in [3.05, 3.63) is 28.8 Å². The van der Waals surface area contributed by atoms with E-state index in [1.165, 1.54) is 33.1 Å². The fraction of sp³-hybridized carbons (Fsp3) is 0.745. The second-order valence-corrected chi connectivity index (χ2v) is 21.0. The molecule has 5 saturated heterocycles. The van der Waals surface area contributed by atoms with Crippen molar-refractivity contribution in [1.29, 1.82) is 0 Å². The van der Waals surface area contributed by atoms with Gasteiger partial charge in [0.05, 0.1) is 71.5 Å². The molecule has 74 heavy (non-hydrogen) atoms. The summed E-state index contributed by atoms with van der Waals surface area (Å²) < 4.78 is 66.4. The maximum absolute atomic E-state index is 14.9. The van der Waals surface area contributed by atoms with Gasteiger partial charge in [-0.25, -0.2) is 0 Å². The van der Waals surface area contributed by atoms with E-state index in [0.29, 0.717) is 0 Å². The van der Waals surface area contributed by atoms with E-state index in [1.54, 1.807) is 34.6 Å². The Morgan fingerprint density at radius 3 is 1.69 bits per heavy atom. The first kappa shape index (κ1) is 56.6. The number of methoxy groups -OCH3 is 1. The number of fused-ring (bicyclic) bond motifs is 2. The van der Waals surface area contributed by atoms with Gasteiger partial charge in [-0.2, -0.15) is 0 Å². The molecule has 23 nitrogen and oxygen atoms in total. The number of aromatic hydroxyl groups is 2. The molecular weight excluding hydrogens is 981 g/mol. The predicted molar refractivity (Wildman–Crippen MR) is 252 cm³/mol. The van der Waals surface area contributed by atoms with Gasteiger partial charge in [-0.3, -0.25) is 14.4 Å². The lowest BCUT2D eigenvalue weighted by Crippen LogP contribution is -2.58. The molecule has 0 bridgehead atoms. The highest BCUT2D eigenvalue weighted by Gasteiger charge is 2.51. The molecule has 23 atom stereocenters. The summed E-state index contributed by atoms with van der Waals surface area (Å²) in [4.78, 5) is 41.1. The SMILES string of the molecule is CO[C@H](C(=O)C(C)=O)[C@@H]1Cc2cc3cc(O[C@H]4C[C@@H](O[C@H]5C[C@@H](O)[C@H](O)[C@@H](C)O5)[C@H](O)[C@@H](C)O4)c(C)c(O)c3c(O)c2C(=O)[C@H]1O[C@H]1C[C@@H](O[C@H]2C[C@@H](O[C@H]3C[C@](C)(O)[C@H](O)[C@@H](C)O3)[C@@H](O)[C@@H](C)O2)[C@H](O)[C@@H](C)O1. The molecule has 8 rings (SSSR count). The van der Waals surface area contributed by atoms with Crippen molar-refractivity contribution in [3.8, 4) is 17.2 Å². The molecule has 23 heteroatoms. The number of ether oxygens (including phenoxy) is 11. The molecule has 0 unspecified atom stereocenters. The average Bonchev–Trinajstić information content (AvgIpc) is 3.32. The van der Waals surface area contributed by atoms with Crippen LogP contribution in [0.4, 0.5) is 0 Å². The lowest BCUT2D eigenvalue weighted by Gasteiger charge is -2.46. The number of aliphatic hydroxyl groups is 7. The molecular formula is C51H72O23. The summed E-state index contributed by atoms with van der Waals surface area (Å²) in [7, 11) is 1.20. The summed E-state index contributed by atoms with van der Waals surface area (Å²) in [6, 6.07) is 3.06. The molecule has 0 amide bonds. The van der Waals surface area contributed by atoms with Crippen molar-refractivity contribution in [2.45, 2.75) is 229 Å². The minimum Gasteiger partial charge on any atom is -0.507 e. The molecule has 0 aromatic heterocycles. The second kappa shape index (κ2) is 22.4. The Balaban J connectivity index is 1.03. The zero-order chi connectivity index (χ0) is 54.0. The highest BCUT2D eigenvalue weighted by Crippen LogP contribution is 2.47. The number of Topliss-reactive ketones (excluding diaryl/α,β-unsaturated/α-hetero) is 3. The Hall–Kier alpha value is -3.57. The van der Waals surface area contributed by atoms with Crippen molar-refractivity contribution in [2.24, 2.45) is 5.92 Å². The standard InChI is InChI=1S/C51H72O23/c1-18-29(70-34-14-30(43(57)21(4)66-34)71-33-13-28(53)42(56)20(3)65-33)12-26-10-25-11-27(48(64-9)41(55)19(2)52)49(47(61)39(25)46(60)38(26)40(18)54)74-36-16-31(44(58)23(6)68-36)72-35-15-32(45(59)22(5)67-35)73-37-17-51(8,63)50(62)24(7)69-37/h10,12,20-24,27-28,30-37,42-45,48-50,53-54,56-60,62-63H,11,13-17H2,1-9H3/t20-,21-,22-,23-,24-,27+,28-,30-,31-,32-,33+,34+,35+,36+,37+,42-,43-,44-,45+,48+,49+,50-,51+/m1/s1. The van der Waals surface area contributed by atoms with Crippen LogP contribution in [0, 0.1) is 12.8 Å². The number of phenols is 2. The number of aliphatic hydroxyl groups excluding tert-OH is 6. The summed E-state index contributed by atoms with van der Waals surface area (Å²) in [5, 5.41) is 98.9. The molecule has 0 spiro atoms. The third kappa shape index (κ3) is 11.4. The van der Waals surface area contributed by atoms with Gasteiger partial charge in [0.2, 0.25) is 12.1 Å². The maximum atomic E-state index is 14.9. The Bertz CT molecular complexity index is 2350. The predicted octanol–water partition coefficient (Wildman–Crippen LogP) is 0.598. The van der Waals surface area contributed by atoms with Crippen molar-refractivity contribution < 1.29 is 112 Å². The zero-order valence-electron chi connectivity index (χ0n) is 42.8. The summed E-state index contributed by atoms with van der Waals surface area (Å²) in [6.45, 7) is 12.0. The smallest absolute Gasteiger partial charge is 0.227 e. The number of phenolic OH excluding ortho intramolecular Hbond substituents is 2. The van der Waals surface area contributed by atoms with Gasteiger partial charge < -0.3 is 98.1 Å². The summed E-state index contributed by atoms with van der Waals surface area (Å²) >= 11 is 0. The van der Waals surface area contributed by atoms with Gasteiger partial charge in [0.15, 0.2) is 36.7 Å². The highest BCUT2D eigenvalue weighted by molar-refractivity contribution is 6.38. The van der Waals surface area contributed by atoms with Crippen LogP contribution in [-0.2, 0) is 63.4 Å². The molecule has 414 valence electrons. The van der Waals surface area contributed by atoms with Crippen LogP contribution < -0.4 is 4.74 Å². The van der Waals surface area contributed by atoms with E-state index in [4.69, 9.17) is 52.1 Å². The van der Waals surface area contributed by atoms with Crippen LogP contribution >= 0.6 is 0 Å². The van der Waals surface area contributed by atoms with E-state index in [2.05, 4.69) is 0 Å². The summed E-state index contributed by atoms with van der Waals surface area (Å²) in [6.07, 6.45) is -23.0. The molecule has 5 aliphatic heterocycles. The minimum atomic E-state index is -1.61. The van der Waals surface area contributed by atoms with Crippen LogP contribution in [0.25, 0.3) is 10.8 Å². The van der Waals surface area contributed by atoms with Crippen LogP contribution in [0.15, 0.2) is 12.1 Å². The fourth-order valence-electron chi connectivity index (χ4n) is 11.1. The number of rotatable bonds is 14. The van der Waals surface area contributed by atoms with Gasteiger partial charge in [-0.15, -0.1) is 0 Å². The number of benzene rings is 2. The first-order valence-corrected chi connectivity index (χ1v) is 25.3. The van der Waals surface area contributed by atoms with Crippen LogP contribution in [0.3, 0.4) is 0 Å². The second-order valence-electron chi connectivity index (χ2n) is 21.0. The molecule has 5 fully saturated rings. The van der Waals surface area contributed by atoms with E-state index in [1.807, 2.05) is 0 Å². The molecule has 5 heterocycles. The monoisotopic (exact) mass is 1050 g/mol. The molecule has 2 aromatic carbocycles. The third-order valence-corrected chi connectivity index (χ3v) is 15.5. The summed E-state index contributed by atoms with van der Waals surface area (Å²) in [5.41, 5.74) is -1.40. The van der Waals surface area contributed by atoms with Crippen molar-refractivity contribution in [2.75, 3.05) is 7.11 Å². The van der Waals surface area contributed by atoms with E-state index in [9.17, 15) is 60.3 Å². The van der Waals surface area contributed by atoms with Crippen molar-refractivity contribution in [3.63, 3.8) is 0 Å². The number of carbonyl (C=O) groups excluding carboxylic acids is 3. The zero-order valence-corrected chi connectivity index (χ0v) is 42.8. The molecule has 0 saturated carbocycles. The van der Waals surface area contributed by atoms with Gasteiger partial charge in [0, 0.05) is 57.6 Å². The number of hydrogen-bond donors (Lipinski definition) is 9. The fourth-order valence-corrected chi connectivity index (χ4v) is 11.1. The normalized spacial score (nSPS) is 42.4. The van der Waals surface area contributed by atoms with Crippen LogP contribution in [0.1, 0.15) is 102 Å². The van der Waals surface area contributed by atoms with Gasteiger partial charge in [-0.1, -0.05) is 0 Å².